The molecule has 0 rings (SSSR count). The van der Waals surface area contributed by atoms with Crippen molar-refractivity contribution in [3.8, 4) is 0 Å². The van der Waals surface area contributed by atoms with Crippen LogP contribution in [0.2, 0.25) is 0 Å². The molecule has 0 amide bonds. The van der Waals surface area contributed by atoms with Crippen LogP contribution in [-0.4, -0.2) is 23.9 Å². The highest BCUT2D eigenvalue weighted by atomic mass is 16.6. The van der Waals surface area contributed by atoms with Gasteiger partial charge in [-0.25, -0.2) is 0 Å². The van der Waals surface area contributed by atoms with Crippen molar-refractivity contribution in [2.24, 2.45) is 5.73 Å². The quantitative estimate of drug-likeness (QED) is 0.172. The first-order chi connectivity index (χ1) is 11.7. The molecule has 0 aromatic rings. The predicted octanol–water partition coefficient (Wildman–Crippen LogP) is 4.84. The molecular formula is C20H39NO3. The highest BCUT2D eigenvalue weighted by molar-refractivity contribution is 5.69. The molecule has 0 fully saturated rings. The van der Waals surface area contributed by atoms with Crippen molar-refractivity contribution in [3.05, 3.63) is 12.2 Å². The lowest BCUT2D eigenvalue weighted by Crippen LogP contribution is -2.25. The lowest BCUT2D eigenvalue weighted by molar-refractivity contribution is -0.166. The van der Waals surface area contributed by atoms with Crippen LogP contribution in [0.5, 0.6) is 0 Å². The van der Waals surface area contributed by atoms with Crippen molar-refractivity contribution in [2.45, 2.75) is 103 Å². The third-order valence-electron chi connectivity index (χ3n) is 4.11. The summed E-state index contributed by atoms with van der Waals surface area (Å²) in [6.45, 7) is 2.21. The molecule has 0 bridgehead atoms. The second-order valence-corrected chi connectivity index (χ2v) is 6.51. The van der Waals surface area contributed by atoms with Crippen molar-refractivity contribution in [1.29, 1.82) is 0 Å². The Morgan fingerprint density at radius 1 is 0.917 bits per heavy atom. The van der Waals surface area contributed by atoms with E-state index in [1.165, 1.54) is 64.2 Å². The van der Waals surface area contributed by atoms with E-state index in [9.17, 15) is 4.79 Å². The van der Waals surface area contributed by atoms with E-state index in [2.05, 4.69) is 19.1 Å². The van der Waals surface area contributed by atoms with Gasteiger partial charge in [0.25, 0.3) is 0 Å². The second-order valence-electron chi connectivity index (χ2n) is 6.51. The Morgan fingerprint density at radius 3 is 1.96 bits per heavy atom. The number of hydrogen-bond acceptors (Lipinski definition) is 4. The van der Waals surface area contributed by atoms with Crippen LogP contribution in [0, 0.1) is 0 Å². The maximum absolute atomic E-state index is 11.3. The minimum absolute atomic E-state index is 0.0435. The number of aliphatic hydroxyl groups excluding tert-OH is 1. The normalized spacial score (nSPS) is 12.6. The zero-order valence-corrected chi connectivity index (χ0v) is 15.7. The van der Waals surface area contributed by atoms with E-state index >= 15 is 0 Å². The van der Waals surface area contributed by atoms with Gasteiger partial charge in [0.15, 0.2) is 0 Å². The number of unbranched alkanes of at least 4 members (excludes halogenated alkanes) is 11. The Balaban J connectivity index is 3.22. The lowest BCUT2D eigenvalue weighted by Gasteiger charge is -2.09. The average molecular weight is 342 g/mol. The van der Waals surface area contributed by atoms with Crippen LogP contribution >= 0.6 is 0 Å². The Kier molecular flexibility index (Phi) is 17.8. The summed E-state index contributed by atoms with van der Waals surface area (Å²) in [5, 5.41) is 9.08. The van der Waals surface area contributed by atoms with Gasteiger partial charge < -0.3 is 15.6 Å². The Morgan fingerprint density at radius 2 is 1.42 bits per heavy atom. The second kappa shape index (κ2) is 18.5. The molecule has 142 valence electrons. The molecule has 4 heteroatoms. The van der Waals surface area contributed by atoms with E-state index in [1.807, 2.05) is 0 Å². The third kappa shape index (κ3) is 17.5. The number of esters is 1. The van der Waals surface area contributed by atoms with Crippen molar-refractivity contribution in [1.82, 2.24) is 0 Å². The molecule has 0 saturated heterocycles. The van der Waals surface area contributed by atoms with Crippen LogP contribution in [-0.2, 0) is 9.53 Å². The van der Waals surface area contributed by atoms with Crippen LogP contribution < -0.4 is 5.73 Å². The van der Waals surface area contributed by atoms with Crippen molar-refractivity contribution < 1.29 is 14.6 Å². The highest BCUT2D eigenvalue weighted by Crippen LogP contribution is 2.10. The SMILES string of the molecule is CCCCCCCC/C=C\CCCCCCCC(=O)OC(O)CN. The molecule has 0 spiro atoms. The zero-order valence-electron chi connectivity index (χ0n) is 15.7. The minimum Gasteiger partial charge on any atom is -0.435 e. The Labute approximate surface area is 148 Å². The number of carbonyl (C=O) groups is 1. The number of nitrogens with two attached hydrogens (primary N) is 1. The first-order valence-corrected chi connectivity index (χ1v) is 9.93. The van der Waals surface area contributed by atoms with Gasteiger partial charge in [-0.2, -0.15) is 0 Å². The number of carbonyl (C=O) groups excluding carboxylic acids is 1. The first kappa shape index (κ1) is 23.1. The number of rotatable bonds is 17. The lowest BCUT2D eigenvalue weighted by atomic mass is 10.1. The average Bonchev–Trinajstić information content (AvgIpc) is 2.58. The summed E-state index contributed by atoms with van der Waals surface area (Å²) in [7, 11) is 0. The maximum atomic E-state index is 11.3. The summed E-state index contributed by atoms with van der Waals surface area (Å²) in [5.74, 6) is -0.356. The molecule has 0 aliphatic rings. The molecule has 1 atom stereocenters. The van der Waals surface area contributed by atoms with Gasteiger partial charge >= 0.3 is 5.97 Å². The smallest absolute Gasteiger partial charge is 0.308 e. The Bertz CT molecular complexity index is 305. The van der Waals surface area contributed by atoms with Crippen LogP contribution in [0.15, 0.2) is 12.2 Å². The molecule has 0 heterocycles. The van der Waals surface area contributed by atoms with E-state index in [-0.39, 0.29) is 12.5 Å². The topological polar surface area (TPSA) is 72.5 Å². The largest absolute Gasteiger partial charge is 0.435 e. The van der Waals surface area contributed by atoms with E-state index in [0.717, 1.165) is 19.3 Å². The van der Waals surface area contributed by atoms with Gasteiger partial charge in [-0.3, -0.25) is 4.79 Å². The van der Waals surface area contributed by atoms with Gasteiger partial charge in [0.05, 0.1) is 6.54 Å². The molecule has 0 radical (unpaired) electrons. The van der Waals surface area contributed by atoms with Gasteiger partial charge in [-0.1, -0.05) is 70.4 Å². The highest BCUT2D eigenvalue weighted by Gasteiger charge is 2.08. The molecule has 4 nitrogen and oxygen atoms in total. The van der Waals surface area contributed by atoms with Gasteiger partial charge in [0.2, 0.25) is 6.29 Å². The van der Waals surface area contributed by atoms with Gasteiger partial charge in [0, 0.05) is 6.42 Å². The van der Waals surface area contributed by atoms with Crippen LogP contribution in [0.4, 0.5) is 0 Å². The van der Waals surface area contributed by atoms with Crippen molar-refractivity contribution in [3.63, 3.8) is 0 Å². The van der Waals surface area contributed by atoms with Crippen LogP contribution in [0.3, 0.4) is 0 Å². The summed E-state index contributed by atoms with van der Waals surface area (Å²) in [5.41, 5.74) is 5.17. The monoisotopic (exact) mass is 341 g/mol. The Hall–Kier alpha value is -0.870. The standard InChI is InChI=1S/C20H39NO3/c1-2-3-4-5-6-7-8-9-10-11-12-13-14-15-16-17-19(22)24-20(23)18-21/h9-10,20,23H,2-8,11-18,21H2,1H3/b10-9-. The van der Waals surface area contributed by atoms with Crippen molar-refractivity contribution >= 4 is 5.97 Å². The van der Waals surface area contributed by atoms with Gasteiger partial charge in [-0.15, -0.1) is 0 Å². The summed E-state index contributed by atoms with van der Waals surface area (Å²) in [6.07, 6.45) is 19.9. The number of aliphatic hydroxyl groups is 1. The van der Waals surface area contributed by atoms with Crippen LogP contribution in [0.1, 0.15) is 96.8 Å². The zero-order chi connectivity index (χ0) is 17.9. The molecule has 0 saturated carbocycles. The number of ether oxygens (including phenoxy) is 1. The van der Waals surface area contributed by atoms with Gasteiger partial charge in [-0.05, 0) is 32.1 Å². The number of hydrogen-bond donors (Lipinski definition) is 2. The minimum atomic E-state index is -1.15. The fourth-order valence-corrected chi connectivity index (χ4v) is 2.60. The molecule has 0 aliphatic heterocycles. The summed E-state index contributed by atoms with van der Waals surface area (Å²) in [6, 6.07) is 0. The fraction of sp³-hybridized carbons (Fsp3) is 0.850. The maximum Gasteiger partial charge on any atom is 0.308 e. The summed E-state index contributed by atoms with van der Waals surface area (Å²) >= 11 is 0. The van der Waals surface area contributed by atoms with Crippen LogP contribution in [0.25, 0.3) is 0 Å². The van der Waals surface area contributed by atoms with Gasteiger partial charge in [0.1, 0.15) is 0 Å². The third-order valence-corrected chi connectivity index (χ3v) is 4.11. The molecule has 0 aliphatic carbocycles. The first-order valence-electron chi connectivity index (χ1n) is 9.93. The molecule has 0 aromatic carbocycles. The molecule has 1 unspecified atom stereocenters. The molecule has 24 heavy (non-hydrogen) atoms. The fourth-order valence-electron chi connectivity index (χ4n) is 2.60. The van der Waals surface area contributed by atoms with E-state index in [4.69, 9.17) is 15.6 Å². The molecule has 0 aromatic heterocycles. The van der Waals surface area contributed by atoms with E-state index in [0.29, 0.717) is 6.42 Å². The molecule has 3 N–H and O–H groups in total. The summed E-state index contributed by atoms with van der Waals surface area (Å²) < 4.78 is 4.70. The predicted molar refractivity (Wildman–Crippen MR) is 101 cm³/mol. The van der Waals surface area contributed by atoms with E-state index < -0.39 is 6.29 Å². The summed E-state index contributed by atoms with van der Waals surface area (Å²) in [4.78, 5) is 11.3. The molecular weight excluding hydrogens is 302 g/mol. The van der Waals surface area contributed by atoms with Crippen molar-refractivity contribution in [2.75, 3.05) is 6.54 Å². The van der Waals surface area contributed by atoms with E-state index in [1.54, 1.807) is 0 Å². The number of allylic oxidation sites excluding steroid dienone is 2.